The minimum Gasteiger partial charge on any atom is -0.299 e. The van der Waals surface area contributed by atoms with Gasteiger partial charge in [-0.05, 0) is 36.4 Å². The molecule has 5 nitrogen and oxygen atoms in total. The van der Waals surface area contributed by atoms with Crippen LogP contribution in [0.25, 0.3) is 28.0 Å². The number of nitrogens with zero attached hydrogens (tertiary/aromatic N) is 5. The Balaban J connectivity index is 1.84. The summed E-state index contributed by atoms with van der Waals surface area (Å²) in [7, 11) is 0. The highest BCUT2D eigenvalue weighted by Gasteiger charge is 2.07. The van der Waals surface area contributed by atoms with Crippen LogP contribution < -0.4 is 0 Å². The number of hydrogen-bond acceptors (Lipinski definition) is 4. The predicted octanol–water partition coefficient (Wildman–Crippen LogP) is 3.35. The van der Waals surface area contributed by atoms with Gasteiger partial charge in [-0.15, -0.1) is 0 Å². The first kappa shape index (κ1) is 13.2. The molecule has 0 fully saturated rings. The van der Waals surface area contributed by atoms with E-state index in [4.69, 9.17) is 5.26 Å². The summed E-state index contributed by atoms with van der Waals surface area (Å²) in [5.74, 6) is 0. The summed E-state index contributed by atoms with van der Waals surface area (Å²) in [4.78, 5) is 12.6. The van der Waals surface area contributed by atoms with Gasteiger partial charge in [0.1, 0.15) is 12.7 Å². The Hall–Kier alpha value is -3.52. The largest absolute Gasteiger partial charge is 0.299 e. The van der Waals surface area contributed by atoms with Gasteiger partial charge in [0, 0.05) is 17.4 Å². The van der Waals surface area contributed by atoms with Crippen LogP contribution in [0.15, 0.2) is 67.4 Å². The molecule has 0 unspecified atom stereocenters. The lowest BCUT2D eigenvalue weighted by Crippen LogP contribution is -1.93. The molecule has 23 heavy (non-hydrogen) atoms. The van der Waals surface area contributed by atoms with Crippen LogP contribution in [-0.2, 0) is 0 Å². The van der Waals surface area contributed by atoms with E-state index in [1.54, 1.807) is 24.7 Å². The molecule has 2 heterocycles. The van der Waals surface area contributed by atoms with Gasteiger partial charge in [-0.25, -0.2) is 15.0 Å². The van der Waals surface area contributed by atoms with Crippen molar-refractivity contribution in [1.29, 1.82) is 5.26 Å². The Morgan fingerprint density at radius 3 is 2.78 bits per heavy atom. The SMILES string of the molecule is N#Cc1ccc2c(c1)ncn2-c1cccc(-c2ccncn2)c1. The number of rotatable bonds is 2. The minimum absolute atomic E-state index is 0.609. The van der Waals surface area contributed by atoms with Gasteiger partial charge in [0.2, 0.25) is 0 Å². The van der Waals surface area contributed by atoms with Gasteiger partial charge in [-0.1, -0.05) is 12.1 Å². The van der Waals surface area contributed by atoms with E-state index in [1.165, 1.54) is 6.33 Å². The highest BCUT2D eigenvalue weighted by molar-refractivity contribution is 5.79. The van der Waals surface area contributed by atoms with E-state index in [0.29, 0.717) is 5.56 Å². The second kappa shape index (κ2) is 5.35. The van der Waals surface area contributed by atoms with Crippen LogP contribution in [0, 0.1) is 11.3 Å². The van der Waals surface area contributed by atoms with E-state index in [2.05, 4.69) is 27.1 Å². The molecular weight excluding hydrogens is 286 g/mol. The third kappa shape index (κ3) is 2.32. The smallest absolute Gasteiger partial charge is 0.116 e. The molecule has 0 aliphatic rings. The molecule has 2 aromatic heterocycles. The molecule has 108 valence electrons. The lowest BCUT2D eigenvalue weighted by molar-refractivity contribution is 1.09. The maximum atomic E-state index is 8.99. The fourth-order valence-corrected chi connectivity index (χ4v) is 2.56. The highest BCUT2D eigenvalue weighted by Crippen LogP contribution is 2.23. The lowest BCUT2D eigenvalue weighted by atomic mass is 10.1. The number of nitriles is 1. The summed E-state index contributed by atoms with van der Waals surface area (Å²) in [5, 5.41) is 8.99. The van der Waals surface area contributed by atoms with Crippen molar-refractivity contribution < 1.29 is 0 Å². The molecule has 4 aromatic rings. The molecule has 0 bridgehead atoms. The molecule has 2 aromatic carbocycles. The molecule has 0 aliphatic heterocycles. The monoisotopic (exact) mass is 297 g/mol. The summed E-state index contributed by atoms with van der Waals surface area (Å²) in [6, 6.07) is 17.6. The van der Waals surface area contributed by atoms with Crippen molar-refractivity contribution in [3.05, 3.63) is 72.9 Å². The number of benzene rings is 2. The van der Waals surface area contributed by atoms with Crippen LogP contribution in [-0.4, -0.2) is 19.5 Å². The first-order valence-electron chi connectivity index (χ1n) is 7.09. The first-order valence-corrected chi connectivity index (χ1v) is 7.09. The zero-order chi connectivity index (χ0) is 15.6. The van der Waals surface area contributed by atoms with Crippen molar-refractivity contribution in [3.8, 4) is 23.0 Å². The third-order valence-corrected chi connectivity index (χ3v) is 3.68. The zero-order valence-electron chi connectivity index (χ0n) is 12.1. The fraction of sp³-hybridized carbons (Fsp3) is 0. The van der Waals surface area contributed by atoms with Gasteiger partial charge in [-0.2, -0.15) is 5.26 Å². The van der Waals surface area contributed by atoms with Crippen LogP contribution in [0.3, 0.4) is 0 Å². The van der Waals surface area contributed by atoms with E-state index in [9.17, 15) is 0 Å². The molecular formula is C18H11N5. The van der Waals surface area contributed by atoms with E-state index in [-0.39, 0.29) is 0 Å². The summed E-state index contributed by atoms with van der Waals surface area (Å²) in [6.45, 7) is 0. The Labute approximate surface area is 132 Å². The summed E-state index contributed by atoms with van der Waals surface area (Å²) in [5.41, 5.74) is 5.25. The highest BCUT2D eigenvalue weighted by atomic mass is 15.0. The second-order valence-electron chi connectivity index (χ2n) is 5.07. The molecule has 5 heteroatoms. The third-order valence-electron chi connectivity index (χ3n) is 3.68. The van der Waals surface area contributed by atoms with E-state index in [1.807, 2.05) is 34.9 Å². The summed E-state index contributed by atoms with van der Waals surface area (Å²) in [6.07, 6.45) is 5.04. The predicted molar refractivity (Wildman–Crippen MR) is 86.8 cm³/mol. The second-order valence-corrected chi connectivity index (χ2v) is 5.07. The average molecular weight is 297 g/mol. The van der Waals surface area contributed by atoms with Gasteiger partial charge in [0.15, 0.2) is 0 Å². The normalized spacial score (nSPS) is 10.6. The topological polar surface area (TPSA) is 67.4 Å². The molecule has 0 saturated heterocycles. The summed E-state index contributed by atoms with van der Waals surface area (Å²) < 4.78 is 2.00. The minimum atomic E-state index is 0.609. The van der Waals surface area contributed by atoms with Gasteiger partial charge in [-0.3, -0.25) is 4.57 Å². The fourth-order valence-electron chi connectivity index (χ4n) is 2.56. The Morgan fingerprint density at radius 1 is 1.00 bits per heavy atom. The molecule has 0 spiro atoms. The first-order chi connectivity index (χ1) is 11.3. The molecule has 0 atom stereocenters. The van der Waals surface area contributed by atoms with Gasteiger partial charge >= 0.3 is 0 Å². The average Bonchev–Trinajstić information content (AvgIpc) is 3.05. The standard InChI is InChI=1S/C18H11N5/c19-10-13-4-5-18-17(8-13)22-12-23(18)15-3-1-2-14(9-15)16-6-7-20-11-21-16/h1-9,11-12H. The lowest BCUT2D eigenvalue weighted by Gasteiger charge is -2.07. The quantitative estimate of drug-likeness (QED) is 0.569. The van der Waals surface area contributed by atoms with Crippen LogP contribution in [0.2, 0.25) is 0 Å². The van der Waals surface area contributed by atoms with Crippen LogP contribution in [0.1, 0.15) is 5.56 Å². The molecule has 0 amide bonds. The molecule has 4 rings (SSSR count). The Kier molecular flexibility index (Phi) is 3.06. The Morgan fingerprint density at radius 2 is 1.96 bits per heavy atom. The van der Waals surface area contributed by atoms with Crippen LogP contribution in [0.4, 0.5) is 0 Å². The van der Waals surface area contributed by atoms with Gasteiger partial charge in [0.05, 0.1) is 28.4 Å². The Bertz CT molecular complexity index is 1030. The zero-order valence-corrected chi connectivity index (χ0v) is 12.1. The van der Waals surface area contributed by atoms with E-state index in [0.717, 1.165) is 28.0 Å². The molecule has 0 radical (unpaired) electrons. The van der Waals surface area contributed by atoms with Crippen molar-refractivity contribution in [1.82, 2.24) is 19.5 Å². The maximum Gasteiger partial charge on any atom is 0.116 e. The summed E-state index contributed by atoms with van der Waals surface area (Å²) >= 11 is 0. The number of imidazole rings is 1. The molecule has 0 N–H and O–H groups in total. The van der Waals surface area contributed by atoms with Crippen molar-refractivity contribution in [2.24, 2.45) is 0 Å². The van der Waals surface area contributed by atoms with Crippen molar-refractivity contribution >= 4 is 11.0 Å². The number of fused-ring (bicyclic) bond motifs is 1. The molecule has 0 aliphatic carbocycles. The van der Waals surface area contributed by atoms with Crippen molar-refractivity contribution in [2.45, 2.75) is 0 Å². The van der Waals surface area contributed by atoms with E-state index >= 15 is 0 Å². The number of aromatic nitrogens is 4. The number of hydrogen-bond donors (Lipinski definition) is 0. The van der Waals surface area contributed by atoms with Crippen LogP contribution >= 0.6 is 0 Å². The van der Waals surface area contributed by atoms with Crippen LogP contribution in [0.5, 0.6) is 0 Å². The molecule has 0 saturated carbocycles. The maximum absolute atomic E-state index is 8.99. The van der Waals surface area contributed by atoms with Gasteiger partial charge < -0.3 is 0 Å². The van der Waals surface area contributed by atoms with Crippen molar-refractivity contribution in [2.75, 3.05) is 0 Å². The van der Waals surface area contributed by atoms with Crippen molar-refractivity contribution in [3.63, 3.8) is 0 Å². The van der Waals surface area contributed by atoms with E-state index < -0.39 is 0 Å². The van der Waals surface area contributed by atoms with Gasteiger partial charge in [0.25, 0.3) is 0 Å².